The smallest absolute Gasteiger partial charge is 0.0604 e. The van der Waals surface area contributed by atoms with E-state index < -0.39 is 0 Å². The van der Waals surface area contributed by atoms with Crippen LogP contribution >= 0.6 is 0 Å². The molecule has 5 saturated carbocycles. The molecule has 0 unspecified atom stereocenters. The van der Waals surface area contributed by atoms with Crippen LogP contribution in [0.4, 0.5) is 0 Å². The Morgan fingerprint density at radius 1 is 0.688 bits per heavy atom. The summed E-state index contributed by atoms with van der Waals surface area (Å²) < 4.78 is 0. The number of rotatable bonds is 0. The zero-order valence-corrected chi connectivity index (χ0v) is 22.5. The van der Waals surface area contributed by atoms with Crippen molar-refractivity contribution in [2.45, 2.75) is 126 Å². The molecule has 5 rings (SSSR count). The van der Waals surface area contributed by atoms with E-state index in [0.717, 1.165) is 29.9 Å². The van der Waals surface area contributed by atoms with E-state index >= 15 is 0 Å². The first-order chi connectivity index (χ1) is 14.8. The number of oxime groups is 1. The van der Waals surface area contributed by atoms with Gasteiger partial charge in [0, 0.05) is 5.92 Å². The highest BCUT2D eigenvalue weighted by Crippen LogP contribution is 2.78. The highest BCUT2D eigenvalue weighted by Gasteiger charge is 2.70. The molecule has 0 aliphatic heterocycles. The first-order valence-electron chi connectivity index (χ1n) is 14.0. The van der Waals surface area contributed by atoms with Gasteiger partial charge in [0.25, 0.3) is 0 Å². The maximum absolute atomic E-state index is 9.66. The van der Waals surface area contributed by atoms with Gasteiger partial charge in [0.1, 0.15) is 0 Å². The van der Waals surface area contributed by atoms with Crippen LogP contribution in [0.3, 0.4) is 0 Å². The highest BCUT2D eigenvalue weighted by molar-refractivity contribution is 5.87. The lowest BCUT2D eigenvalue weighted by Crippen LogP contribution is -2.67. The molecule has 0 radical (unpaired) electrons. The maximum atomic E-state index is 9.66. The largest absolute Gasteiger partial charge is 0.411 e. The van der Waals surface area contributed by atoms with Crippen LogP contribution in [0, 0.1) is 56.2 Å². The van der Waals surface area contributed by atoms with Crippen LogP contribution in [0.25, 0.3) is 0 Å². The third-order valence-corrected chi connectivity index (χ3v) is 13.9. The van der Waals surface area contributed by atoms with Gasteiger partial charge < -0.3 is 5.21 Å². The van der Waals surface area contributed by atoms with Gasteiger partial charge in [-0.25, -0.2) is 0 Å². The minimum absolute atomic E-state index is 0.297. The van der Waals surface area contributed by atoms with E-state index in [9.17, 15) is 5.21 Å². The molecule has 5 aliphatic carbocycles. The number of hydrogen-bond acceptors (Lipinski definition) is 2. The van der Waals surface area contributed by atoms with Gasteiger partial charge in [-0.2, -0.15) is 0 Å². The molecule has 9 atom stereocenters. The summed E-state index contributed by atoms with van der Waals surface area (Å²) in [5, 5.41) is 13.4. The van der Waals surface area contributed by atoms with Crippen molar-refractivity contribution >= 4 is 5.71 Å². The molecule has 0 heterocycles. The number of fused-ring (bicyclic) bond motifs is 7. The van der Waals surface area contributed by atoms with Crippen molar-refractivity contribution in [1.29, 1.82) is 0 Å². The molecule has 1 N–H and O–H groups in total. The molecule has 0 amide bonds. The minimum atomic E-state index is 0.297. The zero-order chi connectivity index (χ0) is 23.4. The SMILES string of the molecule is C[C@@H]1/C(=N\O)CC[C@@H]2[C@]1(C)CC[C@@H]1[C@]2(C)CC[C@@]2(C)[C@H]3CC(C)(C)CC[C@]3(C)CC[C@]12C. The van der Waals surface area contributed by atoms with Crippen molar-refractivity contribution in [3.8, 4) is 0 Å². The molecule has 0 saturated heterocycles. The second-order valence-corrected chi connectivity index (χ2v) is 15.4. The lowest BCUT2D eigenvalue weighted by atomic mass is 9.30. The Morgan fingerprint density at radius 3 is 2.00 bits per heavy atom. The molecular formula is C30H51NO. The topological polar surface area (TPSA) is 32.6 Å². The molecule has 0 spiro atoms. The van der Waals surface area contributed by atoms with Gasteiger partial charge in [-0.15, -0.1) is 0 Å². The van der Waals surface area contributed by atoms with Gasteiger partial charge >= 0.3 is 0 Å². The fraction of sp³-hybridized carbons (Fsp3) is 0.967. The summed E-state index contributed by atoms with van der Waals surface area (Å²) in [6.07, 6.45) is 15.0. The molecule has 5 aliphatic rings. The van der Waals surface area contributed by atoms with Gasteiger partial charge in [0.15, 0.2) is 0 Å². The van der Waals surface area contributed by atoms with Gasteiger partial charge in [-0.3, -0.25) is 0 Å². The standard InChI is InChI=1S/C30H51NO/c1-20-21(31-32)9-10-22-27(20,5)12-11-23-28(22,6)16-18-30(8)24-19-25(2,3)13-14-26(24,4)15-17-29(23,30)7/h20,22-24,32H,9-19H2,1-8H3/b31-21-/t20-,22-,23-,24+,26-,27-,28-,29-,30+/m1/s1. The highest BCUT2D eigenvalue weighted by atomic mass is 16.4. The Bertz CT molecular complexity index is 816. The summed E-state index contributed by atoms with van der Waals surface area (Å²) in [5.41, 5.74) is 3.82. The fourth-order valence-corrected chi connectivity index (χ4v) is 11.3. The van der Waals surface area contributed by atoms with Crippen molar-refractivity contribution in [3.63, 3.8) is 0 Å². The number of nitrogens with zero attached hydrogens (tertiary/aromatic N) is 1. The van der Waals surface area contributed by atoms with Crippen LogP contribution < -0.4 is 0 Å². The lowest BCUT2D eigenvalue weighted by molar-refractivity contribution is -0.254. The first kappa shape index (κ1) is 23.2. The third-order valence-electron chi connectivity index (χ3n) is 13.9. The Balaban J connectivity index is 1.54. The average molecular weight is 442 g/mol. The molecular weight excluding hydrogens is 390 g/mol. The van der Waals surface area contributed by atoms with Crippen molar-refractivity contribution in [1.82, 2.24) is 0 Å². The molecule has 0 bridgehead atoms. The molecule has 0 aromatic rings. The zero-order valence-electron chi connectivity index (χ0n) is 22.5. The van der Waals surface area contributed by atoms with Crippen molar-refractivity contribution in [3.05, 3.63) is 0 Å². The van der Waals surface area contributed by atoms with Crippen molar-refractivity contribution in [2.24, 2.45) is 61.3 Å². The van der Waals surface area contributed by atoms with Gasteiger partial charge in [0.05, 0.1) is 5.71 Å². The second kappa shape index (κ2) is 6.78. The summed E-state index contributed by atoms with van der Waals surface area (Å²) in [4.78, 5) is 0. The number of hydrogen-bond donors (Lipinski definition) is 1. The predicted octanol–water partition coefficient (Wildman–Crippen LogP) is 8.72. The monoisotopic (exact) mass is 441 g/mol. The first-order valence-corrected chi connectivity index (χ1v) is 14.0. The average Bonchev–Trinajstić information content (AvgIpc) is 2.72. The molecule has 5 fully saturated rings. The quantitative estimate of drug-likeness (QED) is 0.296. The Kier molecular flexibility index (Phi) is 4.92. The van der Waals surface area contributed by atoms with Gasteiger partial charge in [-0.05, 0) is 121 Å². The van der Waals surface area contributed by atoms with E-state index in [0.29, 0.717) is 38.4 Å². The van der Waals surface area contributed by atoms with Crippen LogP contribution in [0.5, 0.6) is 0 Å². The molecule has 32 heavy (non-hydrogen) atoms. The van der Waals surface area contributed by atoms with Crippen LogP contribution in [-0.2, 0) is 0 Å². The Morgan fingerprint density at radius 2 is 1.31 bits per heavy atom. The molecule has 2 heteroatoms. The van der Waals surface area contributed by atoms with Gasteiger partial charge in [-0.1, -0.05) is 60.5 Å². The Hall–Kier alpha value is -0.530. The van der Waals surface area contributed by atoms with Crippen LogP contribution in [-0.4, -0.2) is 10.9 Å². The molecule has 0 aromatic heterocycles. The lowest BCUT2D eigenvalue weighted by Gasteiger charge is -2.75. The molecule has 182 valence electrons. The van der Waals surface area contributed by atoms with Crippen LogP contribution in [0.15, 0.2) is 5.16 Å². The van der Waals surface area contributed by atoms with E-state index in [1.807, 2.05) is 0 Å². The Labute approximate surface area is 198 Å². The summed E-state index contributed by atoms with van der Waals surface area (Å²) in [6, 6.07) is 0. The second-order valence-electron chi connectivity index (χ2n) is 15.4. The molecule has 0 aromatic carbocycles. The summed E-state index contributed by atoms with van der Waals surface area (Å²) in [6.45, 7) is 20.9. The van der Waals surface area contributed by atoms with E-state index in [1.54, 1.807) is 0 Å². The van der Waals surface area contributed by atoms with E-state index in [-0.39, 0.29) is 0 Å². The summed E-state index contributed by atoms with van der Waals surface area (Å²) >= 11 is 0. The van der Waals surface area contributed by atoms with Gasteiger partial charge in [0.2, 0.25) is 0 Å². The summed E-state index contributed by atoms with van der Waals surface area (Å²) in [7, 11) is 0. The summed E-state index contributed by atoms with van der Waals surface area (Å²) in [5.74, 6) is 2.92. The van der Waals surface area contributed by atoms with Crippen LogP contribution in [0.2, 0.25) is 0 Å². The molecule has 2 nitrogen and oxygen atoms in total. The predicted molar refractivity (Wildman–Crippen MR) is 134 cm³/mol. The van der Waals surface area contributed by atoms with E-state index in [2.05, 4.69) is 60.5 Å². The normalized spacial score (nSPS) is 58.3. The minimum Gasteiger partial charge on any atom is -0.411 e. The maximum Gasteiger partial charge on any atom is 0.0604 e. The fourth-order valence-electron chi connectivity index (χ4n) is 11.3. The van der Waals surface area contributed by atoms with Crippen molar-refractivity contribution in [2.75, 3.05) is 0 Å². The van der Waals surface area contributed by atoms with Crippen molar-refractivity contribution < 1.29 is 5.21 Å². The van der Waals surface area contributed by atoms with Crippen LogP contribution in [0.1, 0.15) is 126 Å². The third kappa shape index (κ3) is 2.73. The van der Waals surface area contributed by atoms with E-state index in [1.165, 1.54) is 64.2 Å². The van der Waals surface area contributed by atoms with E-state index in [4.69, 9.17) is 0 Å².